The van der Waals surface area contributed by atoms with Crippen LogP contribution in [0.2, 0.25) is 20.1 Å². The SMILES string of the molecule is CCOC(=O)c1c(C(F)(F)F)nn(-c2ccc(Cl)cc2Cl)c1C1=NN(c2ccc(Cl)cc2Cl)C(=O)C1. The van der Waals surface area contributed by atoms with Crippen molar-refractivity contribution in [1.82, 2.24) is 9.78 Å². The van der Waals surface area contributed by atoms with Crippen molar-refractivity contribution in [2.75, 3.05) is 11.6 Å². The highest BCUT2D eigenvalue weighted by Crippen LogP contribution is 2.38. The Morgan fingerprint density at radius 2 is 1.61 bits per heavy atom. The molecule has 0 unspecified atom stereocenters. The highest BCUT2D eigenvalue weighted by Gasteiger charge is 2.45. The number of carbonyl (C=O) groups is 2. The second-order valence-corrected chi connectivity index (χ2v) is 9.01. The molecule has 1 amide bonds. The van der Waals surface area contributed by atoms with Gasteiger partial charge in [-0.15, -0.1) is 0 Å². The van der Waals surface area contributed by atoms with Crippen molar-refractivity contribution in [3.63, 3.8) is 0 Å². The van der Waals surface area contributed by atoms with Crippen molar-refractivity contribution in [2.24, 2.45) is 5.10 Å². The van der Waals surface area contributed by atoms with Crippen LogP contribution in [0, 0.1) is 0 Å². The fourth-order valence-electron chi connectivity index (χ4n) is 3.51. The molecule has 4 rings (SSSR count). The first-order chi connectivity index (χ1) is 16.9. The van der Waals surface area contributed by atoms with Crippen molar-refractivity contribution >= 4 is 69.7 Å². The van der Waals surface area contributed by atoms with Gasteiger partial charge in [0.25, 0.3) is 5.91 Å². The minimum absolute atomic E-state index is 0.0322. The van der Waals surface area contributed by atoms with E-state index < -0.39 is 41.4 Å². The minimum Gasteiger partial charge on any atom is -0.462 e. The molecule has 14 heteroatoms. The first-order valence-corrected chi connectivity index (χ1v) is 11.6. The highest BCUT2D eigenvalue weighted by atomic mass is 35.5. The van der Waals surface area contributed by atoms with Gasteiger partial charge in [0.1, 0.15) is 11.3 Å². The zero-order valence-corrected chi connectivity index (χ0v) is 21.1. The second kappa shape index (κ2) is 9.93. The fourth-order valence-corrected chi connectivity index (χ4v) is 4.49. The molecule has 0 spiro atoms. The molecule has 0 N–H and O–H groups in total. The van der Waals surface area contributed by atoms with E-state index in [1.807, 2.05) is 0 Å². The van der Waals surface area contributed by atoms with Crippen molar-refractivity contribution in [1.29, 1.82) is 0 Å². The molecule has 7 nitrogen and oxygen atoms in total. The molecule has 0 atom stereocenters. The number of amides is 1. The lowest BCUT2D eigenvalue weighted by molar-refractivity contribution is -0.141. The summed E-state index contributed by atoms with van der Waals surface area (Å²) in [6, 6.07) is 8.27. The zero-order valence-electron chi connectivity index (χ0n) is 18.0. The van der Waals surface area contributed by atoms with Gasteiger partial charge >= 0.3 is 12.1 Å². The van der Waals surface area contributed by atoms with Crippen molar-refractivity contribution < 1.29 is 27.5 Å². The summed E-state index contributed by atoms with van der Waals surface area (Å²) in [5.41, 5.74) is -2.93. The van der Waals surface area contributed by atoms with E-state index in [1.54, 1.807) is 0 Å². The lowest BCUT2D eigenvalue weighted by atomic mass is 10.1. The van der Waals surface area contributed by atoms with Crippen LogP contribution in [-0.2, 0) is 15.7 Å². The third-order valence-electron chi connectivity index (χ3n) is 4.96. The number of nitrogens with zero attached hydrogens (tertiary/aromatic N) is 4. The molecule has 0 aliphatic carbocycles. The van der Waals surface area contributed by atoms with E-state index in [2.05, 4.69) is 10.2 Å². The van der Waals surface area contributed by atoms with E-state index in [1.165, 1.54) is 43.3 Å². The van der Waals surface area contributed by atoms with Gasteiger partial charge in [-0.25, -0.2) is 9.48 Å². The number of hydrogen-bond acceptors (Lipinski definition) is 5. The second-order valence-electron chi connectivity index (χ2n) is 7.32. The van der Waals surface area contributed by atoms with Crippen LogP contribution in [0.25, 0.3) is 5.69 Å². The van der Waals surface area contributed by atoms with Gasteiger partial charge in [-0.05, 0) is 43.3 Å². The van der Waals surface area contributed by atoms with Crippen LogP contribution in [0.1, 0.15) is 35.1 Å². The van der Waals surface area contributed by atoms with E-state index in [9.17, 15) is 22.8 Å². The molecule has 0 saturated carbocycles. The molecule has 1 aromatic heterocycles. The number of hydrazone groups is 1. The molecule has 1 aliphatic rings. The summed E-state index contributed by atoms with van der Waals surface area (Å²) in [5.74, 6) is -1.91. The van der Waals surface area contributed by atoms with Crippen LogP contribution < -0.4 is 5.01 Å². The van der Waals surface area contributed by atoms with Gasteiger partial charge in [-0.1, -0.05) is 46.4 Å². The number of rotatable bonds is 5. The topological polar surface area (TPSA) is 76.8 Å². The van der Waals surface area contributed by atoms with Gasteiger partial charge < -0.3 is 4.74 Å². The van der Waals surface area contributed by atoms with Crippen LogP contribution in [-0.4, -0.2) is 34.0 Å². The van der Waals surface area contributed by atoms with Gasteiger partial charge in [0.05, 0.1) is 40.2 Å². The van der Waals surface area contributed by atoms with E-state index in [0.717, 1.165) is 9.69 Å². The maximum atomic E-state index is 14.0. The van der Waals surface area contributed by atoms with Crippen LogP contribution in [0.5, 0.6) is 0 Å². The van der Waals surface area contributed by atoms with E-state index >= 15 is 0 Å². The molecular weight excluding hydrogens is 567 g/mol. The van der Waals surface area contributed by atoms with Gasteiger partial charge in [0, 0.05) is 10.0 Å². The number of halogens is 7. The number of alkyl halides is 3. The standard InChI is InChI=1S/C22H13Cl4F3N4O3/c1-2-36-21(35)18-19(14-9-17(34)32(30-14)15-5-3-10(23)7-12(15)25)33(31-20(18)22(27,28)29)16-6-4-11(24)8-13(16)26/h3-8H,2,9H2,1H3. The minimum atomic E-state index is -5.05. The Kier molecular flexibility index (Phi) is 7.25. The van der Waals surface area contributed by atoms with Gasteiger partial charge in [-0.3, -0.25) is 4.79 Å². The number of ether oxygens (including phenoxy) is 1. The fraction of sp³-hybridized carbons (Fsp3) is 0.182. The molecule has 3 aromatic rings. The quantitative estimate of drug-likeness (QED) is 0.311. The largest absolute Gasteiger partial charge is 0.462 e. The summed E-state index contributed by atoms with van der Waals surface area (Å²) in [7, 11) is 0. The molecule has 0 bridgehead atoms. The van der Waals surface area contributed by atoms with Crippen LogP contribution in [0.3, 0.4) is 0 Å². The number of esters is 1. The lowest BCUT2D eigenvalue weighted by Gasteiger charge is -2.13. The Hall–Kier alpha value is -2.79. The summed E-state index contributed by atoms with van der Waals surface area (Å²) >= 11 is 24.3. The molecule has 188 valence electrons. The smallest absolute Gasteiger partial charge is 0.436 e. The predicted molar refractivity (Wildman–Crippen MR) is 130 cm³/mol. The third-order valence-corrected chi connectivity index (χ3v) is 6.03. The van der Waals surface area contributed by atoms with E-state index in [-0.39, 0.29) is 38.8 Å². The molecule has 36 heavy (non-hydrogen) atoms. The molecule has 0 radical (unpaired) electrons. The maximum Gasteiger partial charge on any atom is 0.436 e. The average Bonchev–Trinajstić information content (AvgIpc) is 3.35. The molecule has 2 aromatic carbocycles. The summed E-state index contributed by atoms with van der Waals surface area (Å²) in [6.07, 6.45) is -5.52. The molecule has 1 aliphatic heterocycles. The summed E-state index contributed by atoms with van der Waals surface area (Å²) in [5, 5.41) is 9.31. The normalized spacial score (nSPS) is 13.8. The van der Waals surface area contributed by atoms with Crippen LogP contribution in [0.4, 0.5) is 18.9 Å². The van der Waals surface area contributed by atoms with Crippen molar-refractivity contribution in [3.8, 4) is 5.69 Å². The van der Waals surface area contributed by atoms with Gasteiger partial charge in [0.2, 0.25) is 0 Å². The maximum absolute atomic E-state index is 14.0. The van der Waals surface area contributed by atoms with Crippen molar-refractivity contribution in [3.05, 3.63) is 73.4 Å². The molecule has 2 heterocycles. The summed E-state index contributed by atoms with van der Waals surface area (Å²) < 4.78 is 47.8. The number of benzene rings is 2. The van der Waals surface area contributed by atoms with E-state index in [0.29, 0.717) is 5.02 Å². The first kappa shape index (κ1) is 26.3. The van der Waals surface area contributed by atoms with Crippen LogP contribution >= 0.6 is 46.4 Å². The van der Waals surface area contributed by atoms with E-state index in [4.69, 9.17) is 51.1 Å². The zero-order chi connectivity index (χ0) is 26.4. The van der Waals surface area contributed by atoms with Gasteiger partial charge in [0.15, 0.2) is 5.69 Å². The number of aromatic nitrogens is 2. The Labute approximate surface area is 221 Å². The molecule has 0 saturated heterocycles. The Balaban J connectivity index is 2.00. The van der Waals surface area contributed by atoms with Gasteiger partial charge in [-0.2, -0.15) is 28.4 Å². The molecule has 0 fully saturated rings. The lowest BCUT2D eigenvalue weighted by Crippen LogP contribution is -2.20. The first-order valence-electron chi connectivity index (χ1n) is 10.1. The highest BCUT2D eigenvalue weighted by molar-refractivity contribution is 6.37. The van der Waals surface area contributed by atoms with Crippen LogP contribution in [0.15, 0.2) is 41.5 Å². The third kappa shape index (κ3) is 4.90. The Bertz CT molecular complexity index is 1420. The number of hydrogen-bond donors (Lipinski definition) is 0. The monoisotopic (exact) mass is 578 g/mol. The predicted octanol–water partition coefficient (Wildman–Crippen LogP) is 6.82. The molecular formula is C22H13Cl4F3N4O3. The Morgan fingerprint density at radius 3 is 2.14 bits per heavy atom. The number of anilines is 1. The summed E-state index contributed by atoms with van der Waals surface area (Å²) in [4.78, 5) is 25.7. The number of carbonyl (C=O) groups excluding carboxylic acids is 2. The average molecular weight is 580 g/mol. The summed E-state index contributed by atoms with van der Waals surface area (Å²) in [6.45, 7) is 1.23. The Morgan fingerprint density at radius 1 is 1.03 bits per heavy atom. The van der Waals surface area contributed by atoms with Crippen molar-refractivity contribution in [2.45, 2.75) is 19.5 Å².